The van der Waals surface area contributed by atoms with Crippen LogP contribution in [0.5, 0.6) is 0 Å². The Morgan fingerprint density at radius 2 is 2.00 bits per heavy atom. The van der Waals surface area contributed by atoms with Gasteiger partial charge in [-0.2, -0.15) is 13.2 Å². The summed E-state index contributed by atoms with van der Waals surface area (Å²) in [6.07, 6.45) is -0.531. The number of allylic oxidation sites excluding steroid dienone is 1. The van der Waals surface area contributed by atoms with Crippen LogP contribution < -0.4 is 14.8 Å². The second kappa shape index (κ2) is 8.54. The number of aryl methyl sites for hydroxylation is 1. The van der Waals surface area contributed by atoms with Gasteiger partial charge in [0.15, 0.2) is 0 Å². The molecule has 0 unspecified atom stereocenters. The fraction of sp³-hybridized carbons (Fsp3) is 0.412. The van der Waals surface area contributed by atoms with Crippen LogP contribution in [0.15, 0.2) is 35.1 Å². The van der Waals surface area contributed by atoms with E-state index in [0.717, 1.165) is 12.1 Å². The Morgan fingerprint density at radius 3 is 2.50 bits per heavy atom. The fourth-order valence-electron chi connectivity index (χ4n) is 2.43. The van der Waals surface area contributed by atoms with Gasteiger partial charge in [-0.1, -0.05) is 17.7 Å². The maximum Gasteiger partial charge on any atom is 0.407 e. The van der Waals surface area contributed by atoms with E-state index in [1.165, 1.54) is 12.3 Å². The van der Waals surface area contributed by atoms with Crippen molar-refractivity contribution in [1.82, 2.24) is 14.8 Å². The van der Waals surface area contributed by atoms with Crippen molar-refractivity contribution >= 4 is 29.8 Å². The third kappa shape index (κ3) is 4.86. The largest absolute Gasteiger partial charge is 0.407 e. The van der Waals surface area contributed by atoms with E-state index in [1.807, 2.05) is 0 Å². The van der Waals surface area contributed by atoms with Crippen molar-refractivity contribution in [2.24, 2.45) is 0 Å². The van der Waals surface area contributed by atoms with Crippen molar-refractivity contribution in [2.45, 2.75) is 37.9 Å². The van der Waals surface area contributed by atoms with E-state index in [0.29, 0.717) is 23.2 Å². The predicted octanol–water partition coefficient (Wildman–Crippen LogP) is 5.00. The number of halogens is 5. The molecule has 3 N–H and O–H groups in total. The average molecular weight is 410 g/mol. The van der Waals surface area contributed by atoms with E-state index >= 15 is 0 Å². The van der Waals surface area contributed by atoms with E-state index in [-0.39, 0.29) is 23.7 Å². The summed E-state index contributed by atoms with van der Waals surface area (Å²) in [5.74, 6) is -0.319. The Hall–Kier alpha value is -1.38. The molecule has 0 bridgehead atoms. The van der Waals surface area contributed by atoms with Gasteiger partial charge in [-0.05, 0) is 55.5 Å². The molecule has 3 nitrogen and oxygen atoms in total. The van der Waals surface area contributed by atoms with Crippen molar-refractivity contribution in [1.29, 1.82) is 0 Å². The lowest BCUT2D eigenvalue weighted by molar-refractivity contribution is -0.211. The first-order chi connectivity index (χ1) is 12.2. The Labute approximate surface area is 159 Å². The highest BCUT2D eigenvalue weighted by atomic mass is 35.5. The number of nitrogens with one attached hydrogen (secondary N) is 3. The number of hydrogen-bond donors (Lipinski definition) is 3. The molecule has 1 fully saturated rings. The van der Waals surface area contributed by atoms with Crippen LogP contribution >= 0.6 is 23.7 Å². The lowest BCUT2D eigenvalue weighted by Gasteiger charge is -2.43. The highest BCUT2D eigenvalue weighted by molar-refractivity contribution is 7.95. The van der Waals surface area contributed by atoms with E-state index in [9.17, 15) is 17.6 Å². The Balaban J connectivity index is 2.05. The van der Waals surface area contributed by atoms with Crippen LogP contribution in [0.25, 0.3) is 6.08 Å². The smallest absolute Gasteiger partial charge is 0.392 e. The Kier molecular flexibility index (Phi) is 6.87. The van der Waals surface area contributed by atoms with Gasteiger partial charge in [-0.25, -0.2) is 9.11 Å². The normalized spacial score (nSPS) is 17.7. The number of hydrogen-bond acceptors (Lipinski definition) is 4. The van der Waals surface area contributed by atoms with Crippen molar-refractivity contribution in [3.63, 3.8) is 0 Å². The van der Waals surface area contributed by atoms with Gasteiger partial charge in [-0.15, -0.1) is 0 Å². The molecule has 0 amide bonds. The molecule has 0 spiro atoms. The van der Waals surface area contributed by atoms with Gasteiger partial charge in [0.25, 0.3) is 0 Å². The van der Waals surface area contributed by atoms with Gasteiger partial charge in [0.2, 0.25) is 0 Å². The molecule has 0 aromatic heterocycles. The van der Waals surface area contributed by atoms with E-state index < -0.39 is 11.7 Å². The molecule has 26 heavy (non-hydrogen) atoms. The molecule has 0 saturated heterocycles. The predicted molar refractivity (Wildman–Crippen MR) is 98.6 cm³/mol. The van der Waals surface area contributed by atoms with E-state index in [1.54, 1.807) is 32.2 Å². The number of rotatable bonds is 7. The molecule has 1 saturated carbocycles. The number of alkyl halides is 3. The molecule has 0 atom stereocenters. The molecule has 144 valence electrons. The molecule has 1 aromatic carbocycles. The van der Waals surface area contributed by atoms with Crippen molar-refractivity contribution in [2.75, 3.05) is 7.05 Å². The minimum Gasteiger partial charge on any atom is -0.392 e. The summed E-state index contributed by atoms with van der Waals surface area (Å²) in [7, 11) is 1.65. The van der Waals surface area contributed by atoms with Crippen LogP contribution in [0.3, 0.4) is 0 Å². The maximum absolute atomic E-state index is 13.3. The lowest BCUT2D eigenvalue weighted by atomic mass is 9.77. The lowest BCUT2D eigenvalue weighted by Crippen LogP contribution is -2.59. The second-order valence-electron chi connectivity index (χ2n) is 6.09. The Bertz CT molecular complexity index is 700. The topological polar surface area (TPSA) is 36.1 Å². The fourth-order valence-corrected chi connectivity index (χ4v) is 3.55. The quantitative estimate of drug-likeness (QED) is 0.336. The SMILES string of the molecule is CN/C=C(NSNC1(C(F)(F)F)CCC1)\C(Cl)=C\c1ccc(F)c(C)c1. The molecule has 0 heterocycles. The Morgan fingerprint density at radius 1 is 1.31 bits per heavy atom. The molecular weight excluding hydrogens is 390 g/mol. The third-order valence-corrected chi connectivity index (χ3v) is 5.31. The third-order valence-electron chi connectivity index (χ3n) is 4.18. The number of benzene rings is 1. The minimum atomic E-state index is -4.31. The summed E-state index contributed by atoms with van der Waals surface area (Å²) in [4.78, 5) is 0. The van der Waals surface area contributed by atoms with Crippen LogP contribution in [0.4, 0.5) is 17.6 Å². The van der Waals surface area contributed by atoms with Crippen molar-refractivity contribution in [3.05, 3.63) is 52.1 Å². The average Bonchev–Trinajstić information content (AvgIpc) is 2.51. The summed E-state index contributed by atoms with van der Waals surface area (Å²) in [5.41, 5.74) is -0.310. The van der Waals surface area contributed by atoms with Crippen LogP contribution in [0.2, 0.25) is 0 Å². The maximum atomic E-state index is 13.3. The highest BCUT2D eigenvalue weighted by Gasteiger charge is 2.58. The van der Waals surface area contributed by atoms with Crippen LogP contribution in [0, 0.1) is 12.7 Å². The molecule has 1 aromatic rings. The molecule has 2 rings (SSSR count). The highest BCUT2D eigenvalue weighted by Crippen LogP contribution is 2.46. The summed E-state index contributed by atoms with van der Waals surface area (Å²) < 4.78 is 58.0. The summed E-state index contributed by atoms with van der Waals surface area (Å²) in [5, 5.41) is 3.06. The van der Waals surface area contributed by atoms with Gasteiger partial charge >= 0.3 is 6.18 Å². The standard InChI is InChI=1S/C17H20ClF4N3S/c1-11-8-12(4-5-14(11)19)9-13(18)15(10-23-2)24-26-25-16(6-3-7-16)17(20,21)22/h4-5,8-10,23-25H,3,6-7H2,1-2H3/b13-9-,15-10+. The van der Waals surface area contributed by atoms with E-state index in [2.05, 4.69) is 14.8 Å². The van der Waals surface area contributed by atoms with Crippen LogP contribution in [-0.2, 0) is 0 Å². The molecule has 1 aliphatic carbocycles. The zero-order valence-electron chi connectivity index (χ0n) is 14.3. The first-order valence-electron chi connectivity index (χ1n) is 7.95. The summed E-state index contributed by atoms with van der Waals surface area (Å²) in [6.45, 7) is 1.64. The molecular formula is C17H20ClF4N3S. The minimum absolute atomic E-state index is 0.0503. The van der Waals surface area contributed by atoms with Gasteiger partial charge < -0.3 is 10.0 Å². The zero-order chi connectivity index (χ0) is 19.4. The molecule has 1 aliphatic rings. The van der Waals surface area contributed by atoms with Crippen LogP contribution in [-0.4, -0.2) is 18.8 Å². The monoisotopic (exact) mass is 409 g/mol. The zero-order valence-corrected chi connectivity index (χ0v) is 15.9. The van der Waals surface area contributed by atoms with Crippen molar-refractivity contribution in [3.8, 4) is 0 Å². The summed E-state index contributed by atoms with van der Waals surface area (Å²) in [6, 6.07) is 4.54. The first kappa shape index (κ1) is 20.9. The van der Waals surface area contributed by atoms with Gasteiger partial charge in [0, 0.05) is 25.4 Å². The molecule has 9 heteroatoms. The van der Waals surface area contributed by atoms with Crippen LogP contribution in [0.1, 0.15) is 30.4 Å². The molecule has 0 aliphatic heterocycles. The second-order valence-corrected chi connectivity index (χ2v) is 7.11. The van der Waals surface area contributed by atoms with E-state index in [4.69, 9.17) is 11.6 Å². The van der Waals surface area contributed by atoms with Crippen molar-refractivity contribution < 1.29 is 17.6 Å². The van der Waals surface area contributed by atoms with Gasteiger partial charge in [0.1, 0.15) is 11.4 Å². The molecule has 0 radical (unpaired) electrons. The van der Waals surface area contributed by atoms with Gasteiger partial charge in [-0.3, -0.25) is 0 Å². The van der Waals surface area contributed by atoms with Gasteiger partial charge in [0.05, 0.1) is 10.7 Å². The summed E-state index contributed by atoms with van der Waals surface area (Å²) >= 11 is 7.02. The first-order valence-corrected chi connectivity index (χ1v) is 9.15.